The molecule has 0 radical (unpaired) electrons. The summed E-state index contributed by atoms with van der Waals surface area (Å²) in [4.78, 5) is 17.6. The van der Waals surface area contributed by atoms with Crippen LogP contribution in [0.5, 0.6) is 0 Å². The number of carbonyl (C=O) groups excluding carboxylic acids is 1. The third-order valence-corrected chi connectivity index (χ3v) is 6.86. The first-order chi connectivity index (χ1) is 12.1. The Morgan fingerprint density at radius 2 is 1.84 bits per heavy atom. The number of thiocarbonyl (C=S) groups is 1. The number of rotatable bonds is 3. The van der Waals surface area contributed by atoms with Crippen LogP contribution in [0.25, 0.3) is 0 Å². The van der Waals surface area contributed by atoms with Gasteiger partial charge in [0.2, 0.25) is 0 Å². The molecule has 2 aromatic rings. The van der Waals surface area contributed by atoms with E-state index in [0.717, 1.165) is 5.56 Å². The summed E-state index contributed by atoms with van der Waals surface area (Å²) in [5.74, 6) is 0.336. The Labute approximate surface area is 159 Å². The van der Waals surface area contributed by atoms with Gasteiger partial charge in [-0.05, 0) is 60.4 Å². The van der Waals surface area contributed by atoms with Crippen LogP contribution >= 0.6 is 35.7 Å². The molecule has 3 nitrogen and oxygen atoms in total. The number of amides is 1. The minimum absolute atomic E-state index is 0.0304. The summed E-state index contributed by atoms with van der Waals surface area (Å²) in [5.41, 5.74) is 1.76. The first kappa shape index (κ1) is 16.9. The van der Waals surface area contributed by atoms with Gasteiger partial charge in [-0.2, -0.15) is 0 Å². The molecule has 2 fully saturated rings. The number of hydrogen-bond donors (Lipinski definition) is 0. The lowest BCUT2D eigenvalue weighted by molar-refractivity contribution is -0.119. The number of thioether (sulfide) groups is 2. The van der Waals surface area contributed by atoms with Crippen molar-refractivity contribution in [2.45, 2.75) is 16.3 Å². The third kappa shape index (κ3) is 2.84. The number of hydrogen-bond acceptors (Lipinski definition) is 4. The molecule has 4 rings (SSSR count). The number of fused-ring (bicyclic) bond motifs is 1. The summed E-state index contributed by atoms with van der Waals surface area (Å²) in [6.45, 7) is 0. The molecule has 1 amide bonds. The lowest BCUT2D eigenvalue weighted by Gasteiger charge is -2.25. The number of benzene rings is 2. The van der Waals surface area contributed by atoms with Crippen molar-refractivity contribution in [3.05, 3.63) is 59.9 Å². The fourth-order valence-corrected chi connectivity index (χ4v) is 5.47. The molecule has 2 aliphatic rings. The Bertz CT molecular complexity index is 825. The maximum atomic E-state index is 13.2. The van der Waals surface area contributed by atoms with Gasteiger partial charge in [0.15, 0.2) is 5.11 Å². The van der Waals surface area contributed by atoms with Crippen LogP contribution in [0.15, 0.2) is 53.4 Å². The van der Waals surface area contributed by atoms with E-state index in [1.54, 1.807) is 35.7 Å². The van der Waals surface area contributed by atoms with E-state index in [2.05, 4.69) is 24.3 Å². The van der Waals surface area contributed by atoms with Crippen molar-refractivity contribution in [1.82, 2.24) is 4.90 Å². The summed E-state index contributed by atoms with van der Waals surface area (Å²) in [6, 6.07) is 14.0. The van der Waals surface area contributed by atoms with E-state index in [1.165, 1.54) is 21.9 Å². The quantitative estimate of drug-likeness (QED) is 0.575. The molecule has 2 aromatic carbocycles. The van der Waals surface area contributed by atoms with Gasteiger partial charge >= 0.3 is 0 Å². The maximum absolute atomic E-state index is 13.2. The molecule has 0 aliphatic carbocycles. The van der Waals surface area contributed by atoms with Crippen LogP contribution < -0.4 is 4.90 Å². The zero-order valence-electron chi connectivity index (χ0n) is 13.4. The largest absolute Gasteiger partial charge is 0.319 e. The second kappa shape index (κ2) is 6.63. The van der Waals surface area contributed by atoms with E-state index in [9.17, 15) is 9.18 Å². The summed E-state index contributed by atoms with van der Waals surface area (Å²) >= 11 is 9.05. The van der Waals surface area contributed by atoms with Crippen molar-refractivity contribution < 1.29 is 9.18 Å². The fraction of sp³-hybridized carbons (Fsp3) is 0.222. The van der Waals surface area contributed by atoms with Gasteiger partial charge in [0.05, 0.1) is 5.69 Å². The van der Waals surface area contributed by atoms with Crippen LogP contribution in [0.1, 0.15) is 10.9 Å². The van der Waals surface area contributed by atoms with E-state index in [0.29, 0.717) is 16.6 Å². The predicted octanol–water partition coefficient (Wildman–Crippen LogP) is 4.30. The lowest BCUT2D eigenvalue weighted by atomic mass is 10.2. The van der Waals surface area contributed by atoms with Crippen molar-refractivity contribution in [1.29, 1.82) is 0 Å². The van der Waals surface area contributed by atoms with Crippen molar-refractivity contribution in [2.24, 2.45) is 0 Å². The highest BCUT2D eigenvalue weighted by Crippen LogP contribution is 2.46. The molecule has 0 aromatic heterocycles. The molecule has 0 saturated carbocycles. The van der Waals surface area contributed by atoms with E-state index >= 15 is 0 Å². The summed E-state index contributed by atoms with van der Waals surface area (Å²) in [6.07, 6.45) is 2.05. The Balaban J connectivity index is 1.65. The van der Waals surface area contributed by atoms with Gasteiger partial charge in [-0.3, -0.25) is 9.69 Å². The molecule has 2 aliphatic heterocycles. The maximum Gasteiger partial charge on any atom is 0.257 e. The molecule has 25 heavy (non-hydrogen) atoms. The van der Waals surface area contributed by atoms with E-state index in [1.807, 2.05) is 11.2 Å². The highest BCUT2D eigenvalue weighted by Gasteiger charge is 2.50. The minimum Gasteiger partial charge on any atom is -0.319 e. The summed E-state index contributed by atoms with van der Waals surface area (Å²) in [7, 11) is 0. The van der Waals surface area contributed by atoms with Gasteiger partial charge in [0, 0.05) is 10.6 Å². The van der Waals surface area contributed by atoms with Crippen LogP contribution in [0.3, 0.4) is 0 Å². The standard InChI is InChI=1S/C18H15FN2OS3/c1-24-14-8-2-11(3-9-14)17-21-15(10-25-17)16(22)20(18(21)23)13-6-4-12(19)5-7-13/h2-9,15,17H,10H2,1H3/t15-,17?/m0/s1. The highest BCUT2D eigenvalue weighted by atomic mass is 32.2. The molecule has 0 N–H and O–H groups in total. The molecule has 2 saturated heterocycles. The van der Waals surface area contributed by atoms with Crippen LogP contribution in [-0.2, 0) is 4.79 Å². The molecule has 2 heterocycles. The lowest BCUT2D eigenvalue weighted by Crippen LogP contribution is -2.33. The summed E-state index contributed by atoms with van der Waals surface area (Å²) < 4.78 is 13.2. The average molecular weight is 391 g/mol. The van der Waals surface area contributed by atoms with Gasteiger partial charge in [-0.25, -0.2) is 4.39 Å². The van der Waals surface area contributed by atoms with Crippen LogP contribution in [0, 0.1) is 5.82 Å². The molecular weight excluding hydrogens is 375 g/mol. The molecule has 128 valence electrons. The highest BCUT2D eigenvalue weighted by molar-refractivity contribution is 8.00. The summed E-state index contributed by atoms with van der Waals surface area (Å²) in [5, 5.41) is 0.522. The minimum atomic E-state index is -0.330. The Morgan fingerprint density at radius 3 is 2.48 bits per heavy atom. The Morgan fingerprint density at radius 1 is 1.16 bits per heavy atom. The fourth-order valence-electron chi connectivity index (χ4n) is 3.14. The Kier molecular flexibility index (Phi) is 4.47. The topological polar surface area (TPSA) is 23.6 Å². The molecule has 0 bridgehead atoms. The average Bonchev–Trinajstić information content (AvgIpc) is 3.17. The zero-order valence-corrected chi connectivity index (χ0v) is 15.8. The molecular formula is C18H15FN2OS3. The van der Waals surface area contributed by atoms with Crippen molar-refractivity contribution >= 4 is 52.4 Å². The zero-order chi connectivity index (χ0) is 17.6. The first-order valence-corrected chi connectivity index (χ1v) is 10.5. The number of carbonyl (C=O) groups is 1. The van der Waals surface area contributed by atoms with Crippen molar-refractivity contribution in [3.63, 3.8) is 0 Å². The van der Waals surface area contributed by atoms with Crippen molar-refractivity contribution in [3.8, 4) is 0 Å². The normalized spacial score (nSPS) is 22.6. The molecule has 0 spiro atoms. The van der Waals surface area contributed by atoms with Crippen molar-refractivity contribution in [2.75, 3.05) is 16.9 Å². The molecule has 1 unspecified atom stereocenters. The SMILES string of the molecule is CSc1ccc(C2SC[C@H]3C(=O)N(c4ccc(F)cc4)C(=S)N23)cc1. The number of halogens is 1. The van der Waals surface area contributed by atoms with E-state index in [-0.39, 0.29) is 23.1 Å². The van der Waals surface area contributed by atoms with Crippen LogP contribution in [0.2, 0.25) is 0 Å². The predicted molar refractivity (Wildman–Crippen MR) is 106 cm³/mol. The van der Waals surface area contributed by atoms with Gasteiger partial charge in [-0.15, -0.1) is 23.5 Å². The smallest absolute Gasteiger partial charge is 0.257 e. The van der Waals surface area contributed by atoms with E-state index in [4.69, 9.17) is 12.2 Å². The Hall–Kier alpha value is -1.57. The van der Waals surface area contributed by atoms with Gasteiger partial charge in [-0.1, -0.05) is 12.1 Å². The van der Waals surface area contributed by atoms with Crippen LogP contribution in [-0.4, -0.2) is 34.0 Å². The number of anilines is 1. The van der Waals surface area contributed by atoms with E-state index < -0.39 is 0 Å². The second-order valence-corrected chi connectivity index (χ2v) is 8.17. The monoisotopic (exact) mass is 390 g/mol. The van der Waals surface area contributed by atoms with Gasteiger partial charge in [0.25, 0.3) is 5.91 Å². The second-order valence-electron chi connectivity index (χ2n) is 5.81. The molecule has 7 heteroatoms. The van der Waals surface area contributed by atoms with Gasteiger partial charge < -0.3 is 4.90 Å². The third-order valence-electron chi connectivity index (χ3n) is 4.40. The molecule has 2 atom stereocenters. The van der Waals surface area contributed by atoms with Crippen LogP contribution in [0.4, 0.5) is 10.1 Å². The van der Waals surface area contributed by atoms with Gasteiger partial charge in [0.1, 0.15) is 17.2 Å². The first-order valence-electron chi connectivity index (χ1n) is 7.77. The number of nitrogens with zero attached hydrogens (tertiary/aromatic N) is 2.